The van der Waals surface area contributed by atoms with Gasteiger partial charge in [-0.1, -0.05) is 6.07 Å². The number of hydrogen-bond acceptors (Lipinski definition) is 1. The van der Waals surface area contributed by atoms with Crippen molar-refractivity contribution in [3.05, 3.63) is 30.3 Å². The van der Waals surface area contributed by atoms with Gasteiger partial charge in [0.15, 0.2) is 0 Å². The van der Waals surface area contributed by atoms with Crippen LogP contribution in [0.15, 0.2) is 24.4 Å². The Balaban J connectivity index is 3.03. The molecule has 0 bridgehead atoms. The van der Waals surface area contributed by atoms with Gasteiger partial charge in [-0.3, -0.25) is 0 Å². The van der Waals surface area contributed by atoms with Gasteiger partial charge in [-0.2, -0.15) is 4.39 Å². The molecule has 1 nitrogen and oxygen atoms in total. The summed E-state index contributed by atoms with van der Waals surface area (Å²) >= 11 is 0. The molecule has 0 atom stereocenters. The molecule has 0 aromatic carbocycles. The smallest absolute Gasteiger partial charge is 0.212 e. The van der Waals surface area contributed by atoms with Crippen LogP contribution in [0.1, 0.15) is 1.37 Å². The van der Waals surface area contributed by atoms with Gasteiger partial charge in [0.05, 0.1) is 1.37 Å². The first-order valence-corrected chi connectivity index (χ1v) is 1.87. The highest BCUT2D eigenvalue weighted by Gasteiger charge is 1.78. The molecule has 0 radical (unpaired) electrons. The van der Waals surface area contributed by atoms with Crippen LogP contribution in [0.3, 0.4) is 0 Å². The second-order valence-electron chi connectivity index (χ2n) is 1.08. The predicted octanol–water partition coefficient (Wildman–Crippen LogP) is 1.22. The fourth-order valence-corrected chi connectivity index (χ4v) is 0.302. The van der Waals surface area contributed by atoms with Crippen molar-refractivity contribution in [1.29, 1.82) is 0 Å². The SMILES string of the molecule is [2H]c1ccc(F)nc1. The van der Waals surface area contributed by atoms with Crippen LogP contribution in [-0.4, -0.2) is 4.98 Å². The Kier molecular flexibility index (Phi) is 0.754. The number of halogens is 1. The second-order valence-corrected chi connectivity index (χ2v) is 1.08. The Labute approximate surface area is 42.2 Å². The van der Waals surface area contributed by atoms with Gasteiger partial charge in [-0.25, -0.2) is 4.98 Å². The molecule has 7 heavy (non-hydrogen) atoms. The number of aromatic nitrogens is 1. The van der Waals surface area contributed by atoms with E-state index in [2.05, 4.69) is 4.98 Å². The minimum atomic E-state index is -0.541. The molecule has 0 spiro atoms. The van der Waals surface area contributed by atoms with Gasteiger partial charge in [0.1, 0.15) is 0 Å². The molecule has 1 aromatic heterocycles. The Hall–Kier alpha value is -0.920. The van der Waals surface area contributed by atoms with Crippen molar-refractivity contribution in [2.45, 2.75) is 0 Å². The summed E-state index contributed by atoms with van der Waals surface area (Å²) in [6.07, 6.45) is 1.16. The first-order chi connectivity index (χ1) is 3.79. The zero-order valence-corrected chi connectivity index (χ0v) is 3.56. The summed E-state index contributed by atoms with van der Waals surface area (Å²) in [6.45, 7) is 0. The lowest BCUT2D eigenvalue weighted by molar-refractivity contribution is 0.584. The van der Waals surface area contributed by atoms with Crippen LogP contribution in [0.5, 0.6) is 0 Å². The van der Waals surface area contributed by atoms with Crippen molar-refractivity contribution in [2.24, 2.45) is 0 Å². The van der Waals surface area contributed by atoms with Gasteiger partial charge in [0, 0.05) is 6.20 Å². The maximum atomic E-state index is 11.9. The van der Waals surface area contributed by atoms with Gasteiger partial charge in [-0.15, -0.1) is 0 Å². The topological polar surface area (TPSA) is 12.9 Å². The number of nitrogens with zero attached hydrogens (tertiary/aromatic N) is 1. The van der Waals surface area contributed by atoms with E-state index >= 15 is 0 Å². The largest absolute Gasteiger partial charge is 0.228 e. The molecule has 36 valence electrons. The third-order valence-electron chi connectivity index (χ3n) is 0.580. The van der Waals surface area contributed by atoms with E-state index in [9.17, 15) is 4.39 Å². The molecule has 0 N–H and O–H groups in total. The Morgan fingerprint density at radius 2 is 2.71 bits per heavy atom. The van der Waals surface area contributed by atoms with Crippen molar-refractivity contribution in [1.82, 2.24) is 4.98 Å². The Morgan fingerprint density at radius 1 is 1.86 bits per heavy atom. The van der Waals surface area contributed by atoms with Crippen LogP contribution in [-0.2, 0) is 0 Å². The van der Waals surface area contributed by atoms with E-state index in [1.807, 2.05) is 0 Å². The minimum absolute atomic E-state index is 0.228. The van der Waals surface area contributed by atoms with E-state index in [0.717, 1.165) is 12.3 Å². The van der Waals surface area contributed by atoms with Gasteiger partial charge in [0.25, 0.3) is 0 Å². The molecule has 0 aliphatic heterocycles. The number of hydrogen-bond donors (Lipinski definition) is 0. The molecule has 0 amide bonds. The van der Waals surface area contributed by atoms with Crippen molar-refractivity contribution in [3.8, 4) is 0 Å². The van der Waals surface area contributed by atoms with Crippen LogP contribution in [0.2, 0.25) is 0 Å². The number of pyridine rings is 1. The zero-order valence-electron chi connectivity index (χ0n) is 4.56. The Morgan fingerprint density at radius 3 is 3.14 bits per heavy atom. The van der Waals surface area contributed by atoms with E-state index in [0.29, 0.717) is 0 Å². The fraction of sp³-hybridized carbons (Fsp3) is 0. The van der Waals surface area contributed by atoms with Crippen LogP contribution in [0.25, 0.3) is 0 Å². The highest BCUT2D eigenvalue weighted by atomic mass is 19.1. The summed E-state index contributed by atoms with van der Waals surface area (Å²) in [6, 6.07) is 2.73. The fourth-order valence-electron chi connectivity index (χ4n) is 0.302. The lowest BCUT2D eigenvalue weighted by Crippen LogP contribution is -1.73. The third kappa shape index (κ3) is 0.961. The van der Waals surface area contributed by atoms with Crippen molar-refractivity contribution in [3.63, 3.8) is 0 Å². The lowest BCUT2D eigenvalue weighted by Gasteiger charge is -1.78. The van der Waals surface area contributed by atoms with Gasteiger partial charge >= 0.3 is 0 Å². The molecule has 0 saturated carbocycles. The molecule has 1 rings (SSSR count). The normalized spacial score (nSPS) is 10.7. The van der Waals surface area contributed by atoms with E-state index in [1.165, 1.54) is 6.07 Å². The maximum Gasteiger partial charge on any atom is 0.212 e. The molecule has 0 aliphatic carbocycles. The molecular weight excluding hydrogens is 93.1 g/mol. The molecule has 0 fully saturated rings. The van der Waals surface area contributed by atoms with Crippen molar-refractivity contribution >= 4 is 0 Å². The van der Waals surface area contributed by atoms with Crippen LogP contribution < -0.4 is 0 Å². The average Bonchev–Trinajstić information content (AvgIpc) is 1.77. The molecule has 1 heterocycles. The van der Waals surface area contributed by atoms with Crippen LogP contribution >= 0.6 is 0 Å². The first-order valence-electron chi connectivity index (χ1n) is 2.37. The highest BCUT2D eigenvalue weighted by Crippen LogP contribution is 1.85. The van der Waals surface area contributed by atoms with Crippen LogP contribution in [0, 0.1) is 5.95 Å². The first kappa shape index (κ1) is 3.13. The van der Waals surface area contributed by atoms with Crippen LogP contribution in [0.4, 0.5) is 4.39 Å². The summed E-state index contributed by atoms with van der Waals surface area (Å²) in [5.41, 5.74) is 0. The van der Waals surface area contributed by atoms with Gasteiger partial charge in [0.2, 0.25) is 5.95 Å². The molecule has 2 heteroatoms. The van der Waals surface area contributed by atoms with E-state index in [4.69, 9.17) is 1.37 Å². The molecule has 0 saturated heterocycles. The zero-order chi connectivity index (χ0) is 5.98. The van der Waals surface area contributed by atoms with E-state index < -0.39 is 5.95 Å². The molecule has 1 aromatic rings. The quantitative estimate of drug-likeness (QED) is 0.444. The standard InChI is InChI=1S/C5H4FN/c6-5-3-1-2-4-7-5/h1-4H/i2D. The molecule has 0 unspecified atom stereocenters. The highest BCUT2D eigenvalue weighted by molar-refractivity contribution is 4.90. The van der Waals surface area contributed by atoms with Gasteiger partial charge in [-0.05, 0) is 12.1 Å². The van der Waals surface area contributed by atoms with Gasteiger partial charge < -0.3 is 0 Å². The maximum absolute atomic E-state index is 11.9. The summed E-state index contributed by atoms with van der Waals surface area (Å²) in [7, 11) is 0. The number of rotatable bonds is 0. The summed E-state index contributed by atoms with van der Waals surface area (Å²) < 4.78 is 18.8. The second kappa shape index (κ2) is 1.69. The summed E-state index contributed by atoms with van der Waals surface area (Å²) in [5, 5.41) is 0. The Bertz CT molecular complexity index is 151. The van der Waals surface area contributed by atoms with Crippen molar-refractivity contribution in [2.75, 3.05) is 0 Å². The molecule has 0 aliphatic rings. The van der Waals surface area contributed by atoms with Crippen molar-refractivity contribution < 1.29 is 5.76 Å². The monoisotopic (exact) mass is 98.0 g/mol. The lowest BCUT2D eigenvalue weighted by atomic mass is 10.5. The average molecular weight is 98.1 g/mol. The van der Waals surface area contributed by atoms with E-state index in [-0.39, 0.29) is 6.04 Å². The summed E-state index contributed by atoms with van der Waals surface area (Å²) in [4.78, 5) is 3.22. The summed E-state index contributed by atoms with van der Waals surface area (Å²) in [5.74, 6) is -0.541. The van der Waals surface area contributed by atoms with E-state index in [1.54, 1.807) is 0 Å². The minimum Gasteiger partial charge on any atom is -0.228 e. The third-order valence-corrected chi connectivity index (χ3v) is 0.580. The molecular formula is C5H4FN. The predicted molar refractivity (Wildman–Crippen MR) is 24.2 cm³/mol.